The van der Waals surface area contributed by atoms with E-state index in [2.05, 4.69) is 11.9 Å². The minimum atomic E-state index is -0.487. The SMILES string of the molecule is C=C(C=O)/C(=C\C)NC(=O)c1ccccc1O. The van der Waals surface area contributed by atoms with Crippen LogP contribution in [-0.4, -0.2) is 17.3 Å². The number of benzene rings is 1. The van der Waals surface area contributed by atoms with Gasteiger partial charge in [0.25, 0.3) is 5.91 Å². The predicted molar refractivity (Wildman–Crippen MR) is 64.5 cm³/mol. The van der Waals surface area contributed by atoms with Gasteiger partial charge in [-0.25, -0.2) is 0 Å². The van der Waals surface area contributed by atoms with Gasteiger partial charge in [0.05, 0.1) is 5.56 Å². The quantitative estimate of drug-likeness (QED) is 0.471. The van der Waals surface area contributed by atoms with Crippen LogP contribution in [0.2, 0.25) is 0 Å². The molecule has 0 fully saturated rings. The van der Waals surface area contributed by atoms with Gasteiger partial charge in [0.15, 0.2) is 6.29 Å². The summed E-state index contributed by atoms with van der Waals surface area (Å²) in [5, 5.41) is 12.0. The maximum atomic E-state index is 11.8. The molecule has 0 radical (unpaired) electrons. The second-order valence-electron chi connectivity index (χ2n) is 3.32. The fourth-order valence-corrected chi connectivity index (χ4v) is 1.26. The van der Waals surface area contributed by atoms with E-state index in [0.717, 1.165) is 0 Å². The zero-order valence-corrected chi connectivity index (χ0v) is 9.43. The van der Waals surface area contributed by atoms with Crippen LogP contribution in [0, 0.1) is 0 Å². The van der Waals surface area contributed by atoms with E-state index in [1.807, 2.05) is 0 Å². The second-order valence-corrected chi connectivity index (χ2v) is 3.32. The Kier molecular flexibility index (Phi) is 4.22. The molecule has 0 aliphatic heterocycles. The summed E-state index contributed by atoms with van der Waals surface area (Å²) in [7, 11) is 0. The average Bonchev–Trinajstić information content (AvgIpc) is 2.35. The fourth-order valence-electron chi connectivity index (χ4n) is 1.26. The molecule has 17 heavy (non-hydrogen) atoms. The minimum absolute atomic E-state index is 0.114. The highest BCUT2D eigenvalue weighted by atomic mass is 16.3. The summed E-state index contributed by atoms with van der Waals surface area (Å²) in [6, 6.07) is 6.16. The van der Waals surface area contributed by atoms with Crippen LogP contribution in [0.3, 0.4) is 0 Å². The number of aldehydes is 1. The number of amides is 1. The average molecular weight is 231 g/mol. The van der Waals surface area contributed by atoms with Gasteiger partial charge in [0.1, 0.15) is 5.75 Å². The molecular formula is C13H13NO3. The minimum Gasteiger partial charge on any atom is -0.507 e. The lowest BCUT2D eigenvalue weighted by atomic mass is 10.1. The van der Waals surface area contributed by atoms with Gasteiger partial charge in [-0.1, -0.05) is 24.8 Å². The first-order valence-electron chi connectivity index (χ1n) is 5.00. The van der Waals surface area contributed by atoms with Crippen LogP contribution < -0.4 is 5.32 Å². The maximum Gasteiger partial charge on any atom is 0.259 e. The molecule has 0 unspecified atom stereocenters. The number of carbonyl (C=O) groups excluding carboxylic acids is 2. The second kappa shape index (κ2) is 5.65. The van der Waals surface area contributed by atoms with Gasteiger partial charge in [-0.2, -0.15) is 0 Å². The van der Waals surface area contributed by atoms with E-state index in [-0.39, 0.29) is 16.9 Å². The molecule has 0 atom stereocenters. The molecule has 0 bridgehead atoms. The summed E-state index contributed by atoms with van der Waals surface area (Å²) in [5.41, 5.74) is 0.648. The molecule has 0 aromatic heterocycles. The Bertz CT molecular complexity index is 489. The van der Waals surface area contributed by atoms with Crippen molar-refractivity contribution in [3.05, 3.63) is 53.8 Å². The lowest BCUT2D eigenvalue weighted by Gasteiger charge is -2.09. The molecule has 0 heterocycles. The highest BCUT2D eigenvalue weighted by molar-refractivity contribution is 5.99. The molecule has 4 heteroatoms. The van der Waals surface area contributed by atoms with E-state index in [0.29, 0.717) is 12.0 Å². The zero-order chi connectivity index (χ0) is 12.8. The topological polar surface area (TPSA) is 66.4 Å². The third-order valence-electron chi connectivity index (χ3n) is 2.17. The van der Waals surface area contributed by atoms with E-state index in [4.69, 9.17) is 0 Å². The molecule has 0 aliphatic rings. The molecule has 1 aromatic rings. The van der Waals surface area contributed by atoms with Gasteiger partial charge in [-0.05, 0) is 19.1 Å². The molecule has 0 spiro atoms. The Morgan fingerprint density at radius 1 is 1.41 bits per heavy atom. The fraction of sp³-hybridized carbons (Fsp3) is 0.0769. The Labute approximate surface area is 99.3 Å². The largest absolute Gasteiger partial charge is 0.507 e. The predicted octanol–water partition coefficient (Wildman–Crippen LogP) is 1.78. The Morgan fingerprint density at radius 2 is 2.06 bits per heavy atom. The van der Waals surface area contributed by atoms with Crippen LogP contribution in [0.4, 0.5) is 0 Å². The standard InChI is InChI=1S/C13H13NO3/c1-3-11(9(2)8-15)14-13(17)10-6-4-5-7-12(10)16/h3-8,16H,2H2,1H3,(H,14,17)/b11-3+. The molecule has 0 aliphatic carbocycles. The molecular weight excluding hydrogens is 218 g/mol. The number of hydrogen-bond donors (Lipinski definition) is 2. The van der Waals surface area contributed by atoms with E-state index in [9.17, 15) is 14.7 Å². The first-order chi connectivity index (χ1) is 8.10. The number of para-hydroxylation sites is 1. The summed E-state index contributed by atoms with van der Waals surface area (Å²) in [6.07, 6.45) is 2.12. The van der Waals surface area contributed by atoms with Crippen molar-refractivity contribution in [2.75, 3.05) is 0 Å². The lowest BCUT2D eigenvalue weighted by Crippen LogP contribution is -2.24. The Balaban J connectivity index is 2.90. The molecule has 0 saturated carbocycles. The highest BCUT2D eigenvalue weighted by Crippen LogP contribution is 2.16. The number of allylic oxidation sites excluding steroid dienone is 2. The number of nitrogens with one attached hydrogen (secondary N) is 1. The van der Waals surface area contributed by atoms with Crippen molar-refractivity contribution in [2.45, 2.75) is 6.92 Å². The van der Waals surface area contributed by atoms with E-state index in [1.54, 1.807) is 25.1 Å². The Morgan fingerprint density at radius 3 is 2.59 bits per heavy atom. The van der Waals surface area contributed by atoms with E-state index < -0.39 is 5.91 Å². The molecule has 1 rings (SSSR count). The van der Waals surface area contributed by atoms with Gasteiger partial charge in [-0.3, -0.25) is 9.59 Å². The van der Waals surface area contributed by atoms with Crippen LogP contribution in [0.1, 0.15) is 17.3 Å². The zero-order valence-electron chi connectivity index (χ0n) is 9.43. The van der Waals surface area contributed by atoms with Crippen molar-refractivity contribution in [2.24, 2.45) is 0 Å². The number of carbonyl (C=O) groups is 2. The van der Waals surface area contributed by atoms with Crippen LogP contribution in [-0.2, 0) is 4.79 Å². The molecule has 0 saturated heterocycles. The molecule has 88 valence electrons. The van der Waals surface area contributed by atoms with Crippen molar-refractivity contribution < 1.29 is 14.7 Å². The molecule has 1 amide bonds. The smallest absolute Gasteiger partial charge is 0.259 e. The summed E-state index contributed by atoms with van der Waals surface area (Å²) in [5.74, 6) is -0.601. The normalized spacial score (nSPS) is 10.8. The third-order valence-corrected chi connectivity index (χ3v) is 2.17. The maximum absolute atomic E-state index is 11.8. The lowest BCUT2D eigenvalue weighted by molar-refractivity contribution is -0.104. The number of rotatable bonds is 4. The highest BCUT2D eigenvalue weighted by Gasteiger charge is 2.12. The monoisotopic (exact) mass is 231 g/mol. The van der Waals surface area contributed by atoms with Gasteiger partial charge < -0.3 is 10.4 Å². The summed E-state index contributed by atoms with van der Waals surface area (Å²) in [4.78, 5) is 22.3. The summed E-state index contributed by atoms with van der Waals surface area (Å²) >= 11 is 0. The number of phenols is 1. The van der Waals surface area contributed by atoms with Gasteiger partial charge in [0.2, 0.25) is 0 Å². The summed E-state index contributed by atoms with van der Waals surface area (Å²) < 4.78 is 0. The van der Waals surface area contributed by atoms with Gasteiger partial charge in [-0.15, -0.1) is 0 Å². The van der Waals surface area contributed by atoms with Crippen molar-refractivity contribution >= 4 is 12.2 Å². The van der Waals surface area contributed by atoms with Crippen molar-refractivity contribution in [3.63, 3.8) is 0 Å². The molecule has 4 nitrogen and oxygen atoms in total. The van der Waals surface area contributed by atoms with Crippen LogP contribution in [0.5, 0.6) is 5.75 Å². The van der Waals surface area contributed by atoms with Gasteiger partial charge in [0, 0.05) is 11.3 Å². The first kappa shape index (κ1) is 12.7. The Hall–Kier alpha value is -2.36. The number of aromatic hydroxyl groups is 1. The van der Waals surface area contributed by atoms with Crippen molar-refractivity contribution in [1.29, 1.82) is 0 Å². The van der Waals surface area contributed by atoms with Crippen LogP contribution in [0.15, 0.2) is 48.2 Å². The van der Waals surface area contributed by atoms with Crippen LogP contribution >= 0.6 is 0 Å². The number of hydrogen-bond acceptors (Lipinski definition) is 3. The van der Waals surface area contributed by atoms with E-state index >= 15 is 0 Å². The third kappa shape index (κ3) is 3.04. The van der Waals surface area contributed by atoms with Gasteiger partial charge >= 0.3 is 0 Å². The van der Waals surface area contributed by atoms with Crippen molar-refractivity contribution in [3.8, 4) is 5.75 Å². The summed E-state index contributed by atoms with van der Waals surface area (Å²) in [6.45, 7) is 5.18. The first-order valence-corrected chi connectivity index (χ1v) is 5.00. The van der Waals surface area contributed by atoms with Crippen molar-refractivity contribution in [1.82, 2.24) is 5.32 Å². The number of phenolic OH excluding ortho intramolecular Hbond substituents is 1. The van der Waals surface area contributed by atoms with E-state index in [1.165, 1.54) is 12.1 Å². The van der Waals surface area contributed by atoms with Crippen LogP contribution in [0.25, 0.3) is 0 Å². The molecule has 1 aromatic carbocycles. The molecule has 2 N–H and O–H groups in total.